The van der Waals surface area contributed by atoms with Crippen LogP contribution in [0.4, 0.5) is 4.39 Å². The Morgan fingerprint density at radius 2 is 1.89 bits per heavy atom. The third-order valence-corrected chi connectivity index (χ3v) is 5.26. The number of carbonyl (C=O) groups excluding carboxylic acids is 2. The predicted molar refractivity (Wildman–Crippen MR) is 103 cm³/mol. The first kappa shape index (κ1) is 19.0. The molecule has 0 radical (unpaired) electrons. The summed E-state index contributed by atoms with van der Waals surface area (Å²) in [5.74, 6) is -1.10. The lowest BCUT2D eigenvalue weighted by molar-refractivity contribution is -0.141. The first-order valence-electron chi connectivity index (χ1n) is 8.56. The molecule has 0 saturated heterocycles. The van der Waals surface area contributed by atoms with Crippen LogP contribution in [0.15, 0.2) is 47.8 Å². The number of nitrogens with zero attached hydrogens (tertiary/aromatic N) is 1. The van der Waals surface area contributed by atoms with Gasteiger partial charge in [-0.15, -0.1) is 11.3 Å². The molecule has 0 bridgehead atoms. The van der Waals surface area contributed by atoms with E-state index in [2.05, 4.69) is 10.6 Å². The maximum Gasteiger partial charge on any atom is 0.310 e. The van der Waals surface area contributed by atoms with Crippen LogP contribution >= 0.6 is 11.3 Å². The van der Waals surface area contributed by atoms with Crippen molar-refractivity contribution in [3.8, 4) is 0 Å². The first-order chi connectivity index (χ1) is 12.9. The number of thiophene rings is 1. The summed E-state index contributed by atoms with van der Waals surface area (Å²) >= 11 is 1.67. The molecule has 0 spiro atoms. The molecule has 0 fully saturated rings. The summed E-state index contributed by atoms with van der Waals surface area (Å²) in [6.07, 6.45) is 0.00492. The average Bonchev–Trinajstić information content (AvgIpc) is 3.25. The fourth-order valence-corrected chi connectivity index (χ4v) is 3.62. The van der Waals surface area contributed by atoms with E-state index in [1.807, 2.05) is 31.4 Å². The molecule has 0 amide bonds. The number of esters is 1. The van der Waals surface area contributed by atoms with E-state index >= 15 is 0 Å². The van der Waals surface area contributed by atoms with Gasteiger partial charge < -0.3 is 9.30 Å². The summed E-state index contributed by atoms with van der Waals surface area (Å²) in [5.41, 5.74) is 3.06. The fourth-order valence-electron chi connectivity index (χ4n) is 2.93. The molecular formula is C21H20FNO3S. The molecule has 3 rings (SSSR count). The predicted octanol–water partition coefficient (Wildman–Crippen LogP) is 4.32. The minimum Gasteiger partial charge on any atom is -0.457 e. The van der Waals surface area contributed by atoms with Crippen molar-refractivity contribution in [1.82, 2.24) is 4.57 Å². The Bertz CT molecular complexity index is 943. The van der Waals surface area contributed by atoms with Gasteiger partial charge in [-0.1, -0.05) is 18.2 Å². The van der Waals surface area contributed by atoms with E-state index in [1.54, 1.807) is 11.3 Å². The zero-order valence-electron chi connectivity index (χ0n) is 15.2. The lowest BCUT2D eigenvalue weighted by atomic mass is 10.1. The van der Waals surface area contributed by atoms with Crippen LogP contribution in [-0.2, 0) is 22.5 Å². The van der Waals surface area contributed by atoms with Gasteiger partial charge in [-0.05, 0) is 49.1 Å². The van der Waals surface area contributed by atoms with Crippen LogP contribution in [0.2, 0.25) is 0 Å². The molecule has 2 heterocycles. The van der Waals surface area contributed by atoms with Crippen molar-refractivity contribution in [2.45, 2.75) is 26.8 Å². The van der Waals surface area contributed by atoms with Gasteiger partial charge in [0.15, 0.2) is 6.61 Å². The third-order valence-electron chi connectivity index (χ3n) is 4.39. The van der Waals surface area contributed by atoms with E-state index < -0.39 is 5.97 Å². The summed E-state index contributed by atoms with van der Waals surface area (Å²) in [4.78, 5) is 25.6. The van der Waals surface area contributed by atoms with Gasteiger partial charge in [0.05, 0.1) is 13.0 Å². The molecular weight excluding hydrogens is 365 g/mol. The zero-order chi connectivity index (χ0) is 19.4. The van der Waals surface area contributed by atoms with Gasteiger partial charge in [-0.25, -0.2) is 4.39 Å². The van der Waals surface area contributed by atoms with Crippen LogP contribution in [0.25, 0.3) is 0 Å². The number of ether oxygens (including phenoxy) is 1. The molecule has 3 aromatic rings. The van der Waals surface area contributed by atoms with Crippen LogP contribution in [0.5, 0.6) is 0 Å². The summed E-state index contributed by atoms with van der Waals surface area (Å²) in [6.45, 7) is 4.27. The van der Waals surface area contributed by atoms with Gasteiger partial charge in [0.1, 0.15) is 5.82 Å². The number of hydrogen-bond acceptors (Lipinski definition) is 4. The zero-order valence-corrected chi connectivity index (χ0v) is 16.0. The van der Waals surface area contributed by atoms with E-state index in [-0.39, 0.29) is 24.6 Å². The molecule has 0 saturated carbocycles. The Morgan fingerprint density at radius 1 is 1.15 bits per heavy atom. The highest BCUT2D eigenvalue weighted by Crippen LogP contribution is 2.20. The van der Waals surface area contributed by atoms with E-state index in [0.717, 1.165) is 11.4 Å². The summed E-state index contributed by atoms with van der Waals surface area (Å²) in [6, 6.07) is 11.5. The van der Waals surface area contributed by atoms with Crippen molar-refractivity contribution in [3.63, 3.8) is 0 Å². The Balaban J connectivity index is 1.60. The van der Waals surface area contributed by atoms with Gasteiger partial charge in [0.25, 0.3) is 0 Å². The molecule has 0 unspecified atom stereocenters. The lowest BCUT2D eigenvalue weighted by Crippen LogP contribution is -2.16. The Hall–Kier alpha value is -2.73. The van der Waals surface area contributed by atoms with Crippen LogP contribution in [-0.4, -0.2) is 22.9 Å². The number of rotatable bonds is 7. The number of halogens is 1. The number of carbonyl (C=O) groups is 2. The Labute approximate surface area is 161 Å². The highest BCUT2D eigenvalue weighted by Gasteiger charge is 2.18. The molecule has 4 nitrogen and oxygen atoms in total. The monoisotopic (exact) mass is 385 g/mol. The third kappa shape index (κ3) is 4.71. The number of Topliss-reactive ketones (excluding diaryl/α,β-unsaturated/α-hetero) is 1. The normalized spacial score (nSPS) is 10.8. The molecule has 6 heteroatoms. The second-order valence-electron chi connectivity index (χ2n) is 6.34. The molecule has 0 N–H and O–H groups in total. The first-order valence-corrected chi connectivity index (χ1v) is 9.44. The second-order valence-corrected chi connectivity index (χ2v) is 7.37. The minimum absolute atomic E-state index is 0.00492. The Morgan fingerprint density at radius 3 is 2.56 bits per heavy atom. The summed E-state index contributed by atoms with van der Waals surface area (Å²) < 4.78 is 20.1. The quantitative estimate of drug-likeness (QED) is 0.449. The molecule has 1 aromatic carbocycles. The molecule has 0 aliphatic carbocycles. The second kappa shape index (κ2) is 8.31. The van der Waals surface area contributed by atoms with Crippen LogP contribution in [0.3, 0.4) is 0 Å². The van der Waals surface area contributed by atoms with Gasteiger partial charge in [-0.2, -0.15) is 0 Å². The Kier molecular flexibility index (Phi) is 5.86. The lowest BCUT2D eigenvalue weighted by Gasteiger charge is -2.08. The van der Waals surface area contributed by atoms with Crippen molar-refractivity contribution in [2.24, 2.45) is 0 Å². The standard InChI is InChI=1S/C21H20FNO3S/c1-14-10-19(15(2)23(14)12-18-4-3-9-27-18)20(24)13-26-21(25)11-16-5-7-17(22)8-6-16/h3-10H,11-13H2,1-2H3. The van der Waals surface area contributed by atoms with Gasteiger partial charge in [-0.3, -0.25) is 9.59 Å². The number of benzene rings is 1. The van der Waals surface area contributed by atoms with Gasteiger partial charge >= 0.3 is 5.97 Å². The molecule has 0 aliphatic rings. The minimum atomic E-state index is -0.512. The van der Waals surface area contributed by atoms with Crippen molar-refractivity contribution in [1.29, 1.82) is 0 Å². The molecule has 2 aromatic heterocycles. The van der Waals surface area contributed by atoms with E-state index in [1.165, 1.54) is 29.1 Å². The summed E-state index contributed by atoms with van der Waals surface area (Å²) in [5, 5.41) is 2.02. The van der Waals surface area contributed by atoms with Crippen molar-refractivity contribution < 1.29 is 18.7 Å². The average molecular weight is 385 g/mol. The van der Waals surface area contributed by atoms with Crippen LogP contribution < -0.4 is 0 Å². The van der Waals surface area contributed by atoms with Gasteiger partial charge in [0.2, 0.25) is 5.78 Å². The number of ketones is 1. The largest absolute Gasteiger partial charge is 0.457 e. The van der Waals surface area contributed by atoms with Crippen molar-refractivity contribution >= 4 is 23.1 Å². The fraction of sp³-hybridized carbons (Fsp3) is 0.238. The number of aromatic nitrogens is 1. The van der Waals surface area contributed by atoms with E-state index in [0.29, 0.717) is 17.7 Å². The summed E-state index contributed by atoms with van der Waals surface area (Å²) in [7, 11) is 0. The highest BCUT2D eigenvalue weighted by atomic mass is 32.1. The molecule has 140 valence electrons. The maximum absolute atomic E-state index is 12.9. The number of hydrogen-bond donors (Lipinski definition) is 0. The molecule has 27 heavy (non-hydrogen) atoms. The highest BCUT2D eigenvalue weighted by molar-refractivity contribution is 7.09. The smallest absolute Gasteiger partial charge is 0.310 e. The number of aryl methyl sites for hydroxylation is 1. The topological polar surface area (TPSA) is 48.3 Å². The van der Waals surface area contributed by atoms with E-state index in [4.69, 9.17) is 4.74 Å². The molecule has 0 aliphatic heterocycles. The van der Waals surface area contributed by atoms with E-state index in [9.17, 15) is 14.0 Å². The van der Waals surface area contributed by atoms with Crippen molar-refractivity contribution in [3.05, 3.63) is 81.1 Å². The SMILES string of the molecule is Cc1cc(C(=O)COC(=O)Cc2ccc(F)cc2)c(C)n1Cc1cccs1. The van der Waals surface area contributed by atoms with Crippen molar-refractivity contribution in [2.75, 3.05) is 6.61 Å². The van der Waals surface area contributed by atoms with Crippen LogP contribution in [0.1, 0.15) is 32.2 Å². The van der Waals surface area contributed by atoms with Gasteiger partial charge in [0, 0.05) is 21.8 Å². The maximum atomic E-state index is 12.9. The molecule has 0 atom stereocenters. The van der Waals surface area contributed by atoms with Crippen LogP contribution in [0, 0.1) is 19.7 Å².